The number of hydrogen-bond acceptors (Lipinski definition) is 3. The van der Waals surface area contributed by atoms with Gasteiger partial charge in [0.1, 0.15) is 12.4 Å². The van der Waals surface area contributed by atoms with Crippen LogP contribution in [0.5, 0.6) is 5.75 Å². The summed E-state index contributed by atoms with van der Waals surface area (Å²) in [4.78, 5) is 13.3. The largest absolute Gasteiger partial charge is 0.488 e. The van der Waals surface area contributed by atoms with Crippen LogP contribution in [0.1, 0.15) is 27.8 Å². The molecule has 0 fully saturated rings. The third-order valence-corrected chi connectivity index (χ3v) is 4.04. The molecular weight excluding hydrogens is 300 g/mol. The molecule has 0 atom stereocenters. The first-order valence-electron chi connectivity index (χ1n) is 8.13. The molecule has 2 N–H and O–H groups in total. The molecule has 0 aromatic heterocycles. The summed E-state index contributed by atoms with van der Waals surface area (Å²) in [7, 11) is 1.77. The second kappa shape index (κ2) is 7.97. The van der Waals surface area contributed by atoms with Crippen molar-refractivity contribution in [1.82, 2.24) is 4.90 Å². The lowest BCUT2D eigenvalue weighted by atomic mass is 10.1. The molecule has 0 aliphatic carbocycles. The van der Waals surface area contributed by atoms with Crippen molar-refractivity contribution in [1.29, 1.82) is 0 Å². The molecule has 1 amide bonds. The number of hydrogen-bond donors (Lipinski definition) is 1. The van der Waals surface area contributed by atoms with E-state index in [1.54, 1.807) is 11.9 Å². The van der Waals surface area contributed by atoms with Crippen molar-refractivity contribution < 1.29 is 9.53 Å². The van der Waals surface area contributed by atoms with Crippen LogP contribution in [-0.4, -0.2) is 24.4 Å². The lowest BCUT2D eigenvalue weighted by Crippen LogP contribution is -2.32. The fourth-order valence-electron chi connectivity index (χ4n) is 2.72. The van der Waals surface area contributed by atoms with E-state index in [0.717, 1.165) is 28.0 Å². The SMILES string of the molecule is Cc1ccc(COc2c(C)cc(CN(C)C(=O)CN)cc2C)cc1. The molecule has 0 spiro atoms. The Morgan fingerprint density at radius 2 is 1.62 bits per heavy atom. The van der Waals surface area contributed by atoms with Crippen LogP contribution < -0.4 is 10.5 Å². The number of amides is 1. The zero-order valence-corrected chi connectivity index (χ0v) is 14.9. The molecule has 0 heterocycles. The number of likely N-dealkylation sites (N-methyl/N-ethyl adjacent to an activating group) is 1. The van der Waals surface area contributed by atoms with Gasteiger partial charge in [-0.15, -0.1) is 0 Å². The summed E-state index contributed by atoms with van der Waals surface area (Å²) >= 11 is 0. The highest BCUT2D eigenvalue weighted by Gasteiger charge is 2.11. The van der Waals surface area contributed by atoms with Gasteiger partial charge in [-0.2, -0.15) is 0 Å². The van der Waals surface area contributed by atoms with E-state index >= 15 is 0 Å². The Morgan fingerprint density at radius 3 is 2.17 bits per heavy atom. The van der Waals surface area contributed by atoms with Gasteiger partial charge in [-0.3, -0.25) is 4.79 Å². The number of benzene rings is 2. The number of rotatable bonds is 6. The molecule has 2 aromatic rings. The summed E-state index contributed by atoms with van der Waals surface area (Å²) < 4.78 is 6.02. The smallest absolute Gasteiger partial charge is 0.236 e. The number of carbonyl (C=O) groups excluding carboxylic acids is 1. The molecule has 4 heteroatoms. The van der Waals surface area contributed by atoms with E-state index in [-0.39, 0.29) is 12.5 Å². The van der Waals surface area contributed by atoms with E-state index < -0.39 is 0 Å². The van der Waals surface area contributed by atoms with Crippen molar-refractivity contribution in [3.63, 3.8) is 0 Å². The molecule has 24 heavy (non-hydrogen) atoms. The van der Waals surface area contributed by atoms with Crippen LogP contribution in [0.2, 0.25) is 0 Å². The van der Waals surface area contributed by atoms with Gasteiger partial charge < -0.3 is 15.4 Å². The molecule has 128 valence electrons. The van der Waals surface area contributed by atoms with E-state index in [4.69, 9.17) is 10.5 Å². The molecule has 0 bridgehead atoms. The summed E-state index contributed by atoms with van der Waals surface area (Å²) in [6.45, 7) is 7.27. The van der Waals surface area contributed by atoms with Gasteiger partial charge >= 0.3 is 0 Å². The van der Waals surface area contributed by atoms with Gasteiger partial charge in [0, 0.05) is 13.6 Å². The molecule has 0 radical (unpaired) electrons. The maximum absolute atomic E-state index is 11.6. The van der Waals surface area contributed by atoms with E-state index in [1.807, 2.05) is 13.8 Å². The third kappa shape index (κ3) is 4.59. The van der Waals surface area contributed by atoms with E-state index in [9.17, 15) is 4.79 Å². The van der Waals surface area contributed by atoms with Crippen LogP contribution in [0.15, 0.2) is 36.4 Å². The highest BCUT2D eigenvalue weighted by Crippen LogP contribution is 2.26. The average Bonchev–Trinajstić information content (AvgIpc) is 2.54. The Morgan fingerprint density at radius 1 is 1.04 bits per heavy atom. The normalized spacial score (nSPS) is 10.5. The summed E-state index contributed by atoms with van der Waals surface area (Å²) in [5, 5.41) is 0. The van der Waals surface area contributed by atoms with Crippen molar-refractivity contribution in [3.05, 3.63) is 64.2 Å². The van der Waals surface area contributed by atoms with Gasteiger partial charge in [-0.05, 0) is 43.0 Å². The zero-order valence-electron chi connectivity index (χ0n) is 14.9. The maximum atomic E-state index is 11.6. The standard InChI is InChI=1S/C20H26N2O2/c1-14-5-7-17(8-6-14)13-24-20-15(2)9-18(10-16(20)3)12-22(4)19(23)11-21/h5-10H,11-13,21H2,1-4H3. The van der Waals surface area contributed by atoms with Gasteiger partial charge in [0.05, 0.1) is 6.54 Å². The first kappa shape index (κ1) is 18.0. The monoisotopic (exact) mass is 326 g/mol. The number of nitrogens with zero attached hydrogens (tertiary/aromatic N) is 1. The van der Waals surface area contributed by atoms with Crippen LogP contribution in [0.4, 0.5) is 0 Å². The second-order valence-corrected chi connectivity index (χ2v) is 6.29. The molecule has 0 aliphatic heterocycles. The average molecular weight is 326 g/mol. The summed E-state index contributed by atoms with van der Waals surface area (Å²) in [5.74, 6) is 0.845. The van der Waals surface area contributed by atoms with Crippen LogP contribution in [0.3, 0.4) is 0 Å². The topological polar surface area (TPSA) is 55.6 Å². The number of ether oxygens (including phenoxy) is 1. The Kier molecular flexibility index (Phi) is 5.99. The molecule has 2 rings (SSSR count). The van der Waals surface area contributed by atoms with Crippen molar-refractivity contribution in [2.24, 2.45) is 5.73 Å². The minimum Gasteiger partial charge on any atom is -0.488 e. The molecule has 4 nitrogen and oxygen atoms in total. The predicted octanol–water partition coefficient (Wildman–Crippen LogP) is 3.11. The second-order valence-electron chi connectivity index (χ2n) is 6.29. The van der Waals surface area contributed by atoms with E-state index in [1.165, 1.54) is 5.56 Å². The van der Waals surface area contributed by atoms with Crippen molar-refractivity contribution in [2.45, 2.75) is 33.9 Å². The Bertz CT molecular complexity index is 685. The number of carbonyl (C=O) groups is 1. The van der Waals surface area contributed by atoms with Gasteiger partial charge in [0.15, 0.2) is 0 Å². The van der Waals surface area contributed by atoms with Gasteiger partial charge in [-0.1, -0.05) is 42.0 Å². The van der Waals surface area contributed by atoms with Crippen LogP contribution in [0, 0.1) is 20.8 Å². The van der Waals surface area contributed by atoms with Gasteiger partial charge in [0.2, 0.25) is 5.91 Å². The molecular formula is C20H26N2O2. The van der Waals surface area contributed by atoms with Crippen LogP contribution in [-0.2, 0) is 17.9 Å². The van der Waals surface area contributed by atoms with E-state index in [2.05, 4.69) is 43.3 Å². The first-order valence-corrected chi connectivity index (χ1v) is 8.13. The van der Waals surface area contributed by atoms with Crippen molar-refractivity contribution >= 4 is 5.91 Å². The fourth-order valence-corrected chi connectivity index (χ4v) is 2.72. The van der Waals surface area contributed by atoms with Gasteiger partial charge in [0.25, 0.3) is 0 Å². The van der Waals surface area contributed by atoms with E-state index in [0.29, 0.717) is 13.2 Å². The summed E-state index contributed by atoms with van der Waals surface area (Å²) in [5.41, 5.74) is 11.0. The van der Waals surface area contributed by atoms with Crippen molar-refractivity contribution in [3.8, 4) is 5.75 Å². The Labute approximate surface area is 144 Å². The number of nitrogens with two attached hydrogens (primary N) is 1. The lowest BCUT2D eigenvalue weighted by molar-refractivity contribution is -0.128. The fraction of sp³-hybridized carbons (Fsp3) is 0.350. The minimum atomic E-state index is -0.0648. The Balaban J connectivity index is 2.09. The summed E-state index contributed by atoms with van der Waals surface area (Å²) in [6.07, 6.45) is 0. The third-order valence-electron chi connectivity index (χ3n) is 4.04. The predicted molar refractivity (Wildman–Crippen MR) is 97.0 cm³/mol. The minimum absolute atomic E-state index is 0.0339. The van der Waals surface area contributed by atoms with Crippen LogP contribution >= 0.6 is 0 Å². The molecule has 2 aromatic carbocycles. The van der Waals surface area contributed by atoms with Gasteiger partial charge in [-0.25, -0.2) is 0 Å². The molecule has 0 saturated heterocycles. The molecule has 0 saturated carbocycles. The van der Waals surface area contributed by atoms with Crippen molar-refractivity contribution in [2.75, 3.05) is 13.6 Å². The Hall–Kier alpha value is -2.33. The quantitative estimate of drug-likeness (QED) is 0.887. The molecule has 0 aliphatic rings. The van der Waals surface area contributed by atoms with Crippen LogP contribution in [0.25, 0.3) is 0 Å². The maximum Gasteiger partial charge on any atom is 0.236 e. The highest BCUT2D eigenvalue weighted by atomic mass is 16.5. The summed E-state index contributed by atoms with van der Waals surface area (Å²) in [6, 6.07) is 12.5. The lowest BCUT2D eigenvalue weighted by Gasteiger charge is -2.19. The first-order chi connectivity index (χ1) is 11.4. The zero-order chi connectivity index (χ0) is 17.7. The highest BCUT2D eigenvalue weighted by molar-refractivity contribution is 5.77. The molecule has 0 unspecified atom stereocenters. The number of aryl methyl sites for hydroxylation is 3.